The van der Waals surface area contributed by atoms with E-state index in [9.17, 15) is 19.5 Å². The number of ether oxygens (including phenoxy) is 1. The van der Waals surface area contributed by atoms with Gasteiger partial charge in [-0.15, -0.1) is 27.1 Å². The summed E-state index contributed by atoms with van der Waals surface area (Å²) in [4.78, 5) is 38.9. The number of tetrazole rings is 1. The van der Waals surface area contributed by atoms with Gasteiger partial charge in [-0.1, -0.05) is 34.9 Å². The lowest BCUT2D eigenvalue weighted by Gasteiger charge is -2.55. The van der Waals surface area contributed by atoms with Crippen molar-refractivity contribution in [1.82, 2.24) is 40.6 Å². The fourth-order valence-corrected chi connectivity index (χ4v) is 7.30. The number of hydrogen-bond donors (Lipinski definition) is 2. The van der Waals surface area contributed by atoms with Gasteiger partial charge in [0, 0.05) is 25.7 Å². The van der Waals surface area contributed by atoms with Gasteiger partial charge in [0.2, 0.25) is 11.1 Å². The number of nitrogens with zero attached hydrogens (tertiary/aromatic N) is 7. The molecular weight excluding hydrogens is 512 g/mol. The Bertz CT molecular complexity index is 1140. The molecule has 33 heavy (non-hydrogen) atoms. The SMILES string of the molecule is CO[C@@]1(NC(=O)CSc2nnc(C)s2)C(=O)N2C(C(=O)O)=C(CSc3nnnn3C)CS[C@@H]21. The molecule has 2 aromatic rings. The summed E-state index contributed by atoms with van der Waals surface area (Å²) in [7, 11) is 2.99. The fraction of sp³-hybridized carbons (Fsp3) is 0.500. The average molecular weight is 531 g/mol. The van der Waals surface area contributed by atoms with Gasteiger partial charge in [0.25, 0.3) is 11.6 Å². The third-order valence-electron chi connectivity index (χ3n) is 4.75. The Morgan fingerprint density at radius 3 is 2.73 bits per heavy atom. The van der Waals surface area contributed by atoms with Crippen LogP contribution in [-0.2, 0) is 26.2 Å². The van der Waals surface area contributed by atoms with Crippen molar-refractivity contribution in [3.8, 4) is 0 Å². The number of aliphatic carboxylic acids is 1. The maximum Gasteiger partial charge on any atom is 0.352 e. The van der Waals surface area contributed by atoms with Gasteiger partial charge in [-0.3, -0.25) is 14.5 Å². The van der Waals surface area contributed by atoms with Crippen LogP contribution in [-0.4, -0.2) is 93.7 Å². The van der Waals surface area contributed by atoms with Crippen molar-refractivity contribution < 1.29 is 24.2 Å². The molecule has 4 heterocycles. The smallest absolute Gasteiger partial charge is 0.352 e. The van der Waals surface area contributed by atoms with Crippen molar-refractivity contribution in [1.29, 1.82) is 0 Å². The van der Waals surface area contributed by atoms with E-state index in [4.69, 9.17) is 4.74 Å². The number of carboxylic acids is 1. The topological polar surface area (TPSA) is 165 Å². The number of fused-ring (bicyclic) bond motifs is 1. The van der Waals surface area contributed by atoms with Crippen LogP contribution in [0.25, 0.3) is 0 Å². The Balaban J connectivity index is 1.47. The number of hydrogen-bond acceptors (Lipinski definition) is 13. The highest BCUT2D eigenvalue weighted by Gasteiger charge is 2.66. The van der Waals surface area contributed by atoms with Crippen molar-refractivity contribution in [2.75, 3.05) is 24.4 Å². The number of amides is 2. The molecule has 2 N–H and O–H groups in total. The van der Waals surface area contributed by atoms with E-state index in [-0.39, 0.29) is 11.4 Å². The first-order chi connectivity index (χ1) is 15.8. The molecule has 176 valence electrons. The van der Waals surface area contributed by atoms with Gasteiger partial charge in [0.1, 0.15) is 16.1 Å². The Morgan fingerprint density at radius 1 is 1.33 bits per heavy atom. The second kappa shape index (κ2) is 9.57. The largest absolute Gasteiger partial charge is 0.477 e. The Kier molecular flexibility index (Phi) is 6.94. The van der Waals surface area contributed by atoms with E-state index in [1.54, 1.807) is 7.05 Å². The normalized spacial score (nSPS) is 22.2. The minimum absolute atomic E-state index is 0.0136. The first kappa shape index (κ1) is 23.9. The van der Waals surface area contributed by atoms with E-state index in [2.05, 4.69) is 31.0 Å². The number of aryl methyl sites for hydroxylation is 2. The summed E-state index contributed by atoms with van der Waals surface area (Å²) in [5.41, 5.74) is -1.18. The predicted octanol–water partition coefficient (Wildman–Crippen LogP) is -0.0329. The van der Waals surface area contributed by atoms with Crippen molar-refractivity contribution in [3.63, 3.8) is 0 Å². The van der Waals surface area contributed by atoms with Crippen molar-refractivity contribution in [3.05, 3.63) is 16.3 Å². The molecule has 2 aromatic heterocycles. The molecule has 2 aliphatic rings. The molecule has 0 unspecified atom stereocenters. The van der Waals surface area contributed by atoms with Crippen LogP contribution in [0.5, 0.6) is 0 Å². The lowest BCUT2D eigenvalue weighted by atomic mass is 9.98. The molecule has 1 saturated heterocycles. The zero-order valence-electron chi connectivity index (χ0n) is 17.5. The summed E-state index contributed by atoms with van der Waals surface area (Å²) in [6.45, 7) is 1.81. The standard InChI is InChI=1S/C16H18N8O5S4/c1-7-18-20-15(33-7)32-6-9(25)17-16(29-3)12(28)24-10(11(26)27)8(4-30-13(16)24)5-31-14-19-21-22-23(14)2/h13H,4-6H2,1-3H3,(H,17,25)(H,26,27)/t13-,16+/m1/s1. The molecule has 0 aliphatic carbocycles. The second-order valence-corrected chi connectivity index (χ2v) is 11.2. The quantitative estimate of drug-likeness (QED) is 0.252. The first-order valence-corrected chi connectivity index (χ1v) is 13.1. The molecule has 4 rings (SSSR count). The summed E-state index contributed by atoms with van der Waals surface area (Å²) in [6.07, 6.45) is 0. The highest BCUT2D eigenvalue weighted by atomic mass is 32.2. The zero-order valence-corrected chi connectivity index (χ0v) is 20.8. The van der Waals surface area contributed by atoms with Crippen LogP contribution in [0.4, 0.5) is 0 Å². The van der Waals surface area contributed by atoms with Crippen LogP contribution in [0.2, 0.25) is 0 Å². The maximum atomic E-state index is 13.1. The molecular formula is C16H18N8O5S4. The number of carboxylic acid groups (broad SMARTS) is 1. The van der Waals surface area contributed by atoms with Crippen molar-refractivity contribution in [2.24, 2.45) is 7.05 Å². The predicted molar refractivity (Wildman–Crippen MR) is 121 cm³/mol. The third kappa shape index (κ3) is 4.46. The molecule has 0 aromatic carbocycles. The second-order valence-electron chi connectivity index (χ2n) is 6.83. The molecule has 17 heteroatoms. The average Bonchev–Trinajstić information content (AvgIpc) is 3.40. The lowest BCUT2D eigenvalue weighted by Crippen LogP contribution is -2.80. The van der Waals surface area contributed by atoms with E-state index >= 15 is 0 Å². The van der Waals surface area contributed by atoms with Crippen LogP contribution in [0.15, 0.2) is 20.8 Å². The monoisotopic (exact) mass is 530 g/mol. The van der Waals surface area contributed by atoms with Gasteiger partial charge < -0.3 is 15.2 Å². The zero-order chi connectivity index (χ0) is 23.8. The molecule has 2 aliphatic heterocycles. The Hall–Kier alpha value is -2.21. The third-order valence-corrected chi connectivity index (χ3v) is 9.19. The summed E-state index contributed by atoms with van der Waals surface area (Å²) in [5, 5.41) is 32.1. The summed E-state index contributed by atoms with van der Waals surface area (Å²) >= 11 is 5.16. The summed E-state index contributed by atoms with van der Waals surface area (Å²) in [6, 6.07) is 0. The Labute approximate surface area is 204 Å². The van der Waals surface area contributed by atoms with Crippen molar-refractivity contribution >= 4 is 64.4 Å². The number of carbonyl (C=O) groups is 3. The van der Waals surface area contributed by atoms with Crippen LogP contribution >= 0.6 is 46.6 Å². The van der Waals surface area contributed by atoms with Crippen LogP contribution in [0.1, 0.15) is 5.01 Å². The van der Waals surface area contributed by atoms with E-state index < -0.39 is 28.9 Å². The number of nitrogens with one attached hydrogen (secondary N) is 1. The minimum atomic E-state index is -1.63. The molecule has 0 bridgehead atoms. The Morgan fingerprint density at radius 2 is 2.12 bits per heavy atom. The highest BCUT2D eigenvalue weighted by molar-refractivity contribution is 8.01. The minimum Gasteiger partial charge on any atom is -0.477 e. The number of carbonyl (C=O) groups excluding carboxylic acids is 2. The molecule has 2 atom stereocenters. The van der Waals surface area contributed by atoms with Crippen LogP contribution in [0, 0.1) is 6.92 Å². The molecule has 0 radical (unpaired) electrons. The fourth-order valence-electron chi connectivity index (χ4n) is 3.26. The van der Waals surface area contributed by atoms with E-state index in [1.807, 2.05) is 6.92 Å². The van der Waals surface area contributed by atoms with Gasteiger partial charge in [-0.2, -0.15) is 0 Å². The number of aromatic nitrogens is 6. The molecule has 0 saturated carbocycles. The van der Waals surface area contributed by atoms with E-state index in [1.165, 1.54) is 63.3 Å². The number of β-lactam (4-membered cyclic amide) rings is 1. The molecule has 0 spiro atoms. The summed E-state index contributed by atoms with van der Waals surface area (Å²) in [5.74, 6) is -1.64. The van der Waals surface area contributed by atoms with Gasteiger partial charge >= 0.3 is 5.97 Å². The number of thioether (sulfide) groups is 3. The molecule has 1 fully saturated rings. The maximum absolute atomic E-state index is 13.1. The molecule has 13 nitrogen and oxygen atoms in total. The van der Waals surface area contributed by atoms with Crippen LogP contribution in [0.3, 0.4) is 0 Å². The van der Waals surface area contributed by atoms with Gasteiger partial charge in [0.15, 0.2) is 4.34 Å². The van der Waals surface area contributed by atoms with Crippen molar-refractivity contribution in [2.45, 2.75) is 27.5 Å². The lowest BCUT2D eigenvalue weighted by molar-refractivity contribution is -0.192. The van der Waals surface area contributed by atoms with Crippen LogP contribution < -0.4 is 5.32 Å². The highest BCUT2D eigenvalue weighted by Crippen LogP contribution is 2.47. The van der Waals surface area contributed by atoms with E-state index in [0.717, 1.165) is 5.01 Å². The van der Waals surface area contributed by atoms with Gasteiger partial charge in [0.05, 0.1) is 5.75 Å². The van der Waals surface area contributed by atoms with Gasteiger partial charge in [-0.25, -0.2) is 9.48 Å². The first-order valence-electron chi connectivity index (χ1n) is 9.31. The van der Waals surface area contributed by atoms with E-state index in [0.29, 0.717) is 26.6 Å². The number of methoxy groups -OCH3 is 1. The summed E-state index contributed by atoms with van der Waals surface area (Å²) < 4.78 is 7.57. The van der Waals surface area contributed by atoms with Gasteiger partial charge in [-0.05, 0) is 22.9 Å². The molecule has 2 amide bonds. The number of rotatable bonds is 9.